The van der Waals surface area contributed by atoms with Crippen molar-refractivity contribution in [1.29, 1.82) is 0 Å². The van der Waals surface area contributed by atoms with Crippen LogP contribution in [0.25, 0.3) is 0 Å². The van der Waals surface area contributed by atoms with Crippen molar-refractivity contribution in [2.45, 2.75) is 25.7 Å². The number of carbonyl (C=O) groups excluding carboxylic acids is 2. The zero-order valence-corrected chi connectivity index (χ0v) is 15.5. The Morgan fingerprint density at radius 1 is 1.32 bits per heavy atom. The number of hydrogen-bond acceptors (Lipinski definition) is 3. The highest BCUT2D eigenvalue weighted by atomic mass is 35.5. The number of piperidine rings is 1. The molecule has 7 heteroatoms. The third kappa shape index (κ3) is 6.29. The number of carbonyl (C=O) groups is 2. The van der Waals surface area contributed by atoms with Crippen molar-refractivity contribution in [1.82, 2.24) is 9.80 Å². The van der Waals surface area contributed by atoms with Gasteiger partial charge in [0.2, 0.25) is 11.8 Å². The molecule has 0 atom stereocenters. The van der Waals surface area contributed by atoms with Crippen LogP contribution in [0.1, 0.15) is 25.7 Å². The van der Waals surface area contributed by atoms with Crippen molar-refractivity contribution in [3.8, 4) is 0 Å². The second-order valence-corrected chi connectivity index (χ2v) is 7.13. The first-order chi connectivity index (χ1) is 11.8. The fourth-order valence-electron chi connectivity index (χ4n) is 2.90. The molecule has 25 heavy (non-hydrogen) atoms. The molecular formula is C18H25ClFN3O2. The molecule has 0 saturated carbocycles. The van der Waals surface area contributed by atoms with E-state index in [2.05, 4.69) is 10.2 Å². The molecule has 1 heterocycles. The summed E-state index contributed by atoms with van der Waals surface area (Å²) in [6.45, 7) is 2.24. The van der Waals surface area contributed by atoms with Gasteiger partial charge in [-0.3, -0.25) is 14.5 Å². The van der Waals surface area contributed by atoms with Gasteiger partial charge in [-0.05, 0) is 56.5 Å². The molecule has 0 bridgehead atoms. The molecule has 0 aromatic heterocycles. The number of halogens is 2. The van der Waals surface area contributed by atoms with Gasteiger partial charge in [-0.2, -0.15) is 0 Å². The molecule has 1 aliphatic heterocycles. The Balaban J connectivity index is 1.69. The van der Waals surface area contributed by atoms with Gasteiger partial charge in [0.1, 0.15) is 5.82 Å². The van der Waals surface area contributed by atoms with Gasteiger partial charge in [0, 0.05) is 26.2 Å². The number of rotatable bonds is 6. The Morgan fingerprint density at radius 2 is 2.00 bits per heavy atom. The zero-order chi connectivity index (χ0) is 18.4. The third-order valence-electron chi connectivity index (χ3n) is 4.55. The van der Waals surface area contributed by atoms with E-state index in [1.165, 1.54) is 18.2 Å². The van der Waals surface area contributed by atoms with E-state index in [9.17, 15) is 14.0 Å². The molecule has 1 aromatic carbocycles. The average molecular weight is 370 g/mol. The van der Waals surface area contributed by atoms with E-state index >= 15 is 0 Å². The average Bonchev–Trinajstić information content (AvgIpc) is 2.57. The molecule has 1 N–H and O–H groups in total. The smallest absolute Gasteiger partial charge is 0.236 e. The number of nitrogens with one attached hydrogen (secondary N) is 1. The predicted octanol–water partition coefficient (Wildman–Crippen LogP) is 3.00. The summed E-state index contributed by atoms with van der Waals surface area (Å²) in [4.78, 5) is 27.5. The summed E-state index contributed by atoms with van der Waals surface area (Å²) >= 11 is 5.71. The number of hydrogen-bond donors (Lipinski definition) is 1. The quantitative estimate of drug-likeness (QED) is 0.838. The highest BCUT2D eigenvalue weighted by Gasteiger charge is 2.21. The van der Waals surface area contributed by atoms with E-state index in [0.29, 0.717) is 24.6 Å². The Morgan fingerprint density at radius 3 is 2.60 bits per heavy atom. The van der Waals surface area contributed by atoms with Crippen LogP contribution in [0.3, 0.4) is 0 Å². The van der Waals surface area contributed by atoms with Gasteiger partial charge in [-0.25, -0.2) is 4.39 Å². The summed E-state index contributed by atoms with van der Waals surface area (Å²) < 4.78 is 13.1. The number of amides is 2. The molecular weight excluding hydrogens is 345 g/mol. The lowest BCUT2D eigenvalue weighted by Crippen LogP contribution is -2.41. The summed E-state index contributed by atoms with van der Waals surface area (Å²) in [5, 5.41) is 2.74. The predicted molar refractivity (Wildman–Crippen MR) is 97.1 cm³/mol. The van der Waals surface area contributed by atoms with Crippen LogP contribution >= 0.6 is 11.6 Å². The number of benzene rings is 1. The maximum Gasteiger partial charge on any atom is 0.236 e. The fraction of sp³-hybridized carbons (Fsp3) is 0.556. The molecule has 1 fully saturated rings. The van der Waals surface area contributed by atoms with Gasteiger partial charge < -0.3 is 10.2 Å². The molecule has 0 unspecified atom stereocenters. The van der Waals surface area contributed by atoms with Gasteiger partial charge in [0.25, 0.3) is 0 Å². The first-order valence-electron chi connectivity index (χ1n) is 8.52. The monoisotopic (exact) mass is 369 g/mol. The minimum Gasteiger partial charge on any atom is -0.348 e. The molecule has 1 aliphatic rings. The third-order valence-corrected chi connectivity index (χ3v) is 4.84. The lowest BCUT2D eigenvalue weighted by Gasteiger charge is -2.32. The minimum absolute atomic E-state index is 0.00237. The highest BCUT2D eigenvalue weighted by molar-refractivity contribution is 6.31. The molecule has 138 valence electrons. The highest BCUT2D eigenvalue weighted by Crippen LogP contribution is 2.23. The summed E-state index contributed by atoms with van der Waals surface area (Å²) in [6, 6.07) is 4.15. The lowest BCUT2D eigenvalue weighted by molar-refractivity contribution is -0.130. The van der Waals surface area contributed by atoms with E-state index in [1.807, 2.05) is 0 Å². The van der Waals surface area contributed by atoms with Gasteiger partial charge in [-0.1, -0.05) is 11.6 Å². The topological polar surface area (TPSA) is 52.7 Å². The number of likely N-dealkylation sites (tertiary alicyclic amines) is 1. The van der Waals surface area contributed by atoms with Crippen LogP contribution in [0.2, 0.25) is 5.02 Å². The Bertz CT molecular complexity index is 616. The van der Waals surface area contributed by atoms with Crippen molar-refractivity contribution in [2.75, 3.05) is 39.0 Å². The fourth-order valence-corrected chi connectivity index (χ4v) is 3.08. The zero-order valence-electron chi connectivity index (χ0n) is 14.7. The van der Waals surface area contributed by atoms with Gasteiger partial charge in [0.15, 0.2) is 0 Å². The summed E-state index contributed by atoms with van der Waals surface area (Å²) in [7, 11) is 3.53. The van der Waals surface area contributed by atoms with Crippen molar-refractivity contribution < 1.29 is 14.0 Å². The maximum atomic E-state index is 13.1. The Hall–Kier alpha value is -1.66. The second-order valence-electron chi connectivity index (χ2n) is 6.72. The van der Waals surface area contributed by atoms with Crippen LogP contribution in [-0.4, -0.2) is 55.3 Å². The van der Waals surface area contributed by atoms with E-state index in [4.69, 9.17) is 11.6 Å². The summed E-state index contributed by atoms with van der Waals surface area (Å²) in [6.07, 6.45) is 3.24. The molecule has 0 spiro atoms. The van der Waals surface area contributed by atoms with Crippen molar-refractivity contribution in [3.63, 3.8) is 0 Å². The second kappa shape index (κ2) is 9.15. The van der Waals surface area contributed by atoms with Gasteiger partial charge in [-0.15, -0.1) is 0 Å². The molecule has 0 radical (unpaired) electrons. The first kappa shape index (κ1) is 19.7. The van der Waals surface area contributed by atoms with E-state index in [-0.39, 0.29) is 16.8 Å². The summed E-state index contributed by atoms with van der Waals surface area (Å²) in [5.41, 5.74) is 0.508. The van der Waals surface area contributed by atoms with Crippen LogP contribution < -0.4 is 5.32 Å². The Kier molecular flexibility index (Phi) is 7.20. The van der Waals surface area contributed by atoms with Gasteiger partial charge in [0.05, 0.1) is 11.6 Å². The van der Waals surface area contributed by atoms with Gasteiger partial charge >= 0.3 is 0 Å². The van der Waals surface area contributed by atoms with Crippen LogP contribution in [-0.2, 0) is 9.59 Å². The van der Waals surface area contributed by atoms with Crippen LogP contribution in [0, 0.1) is 11.7 Å². The summed E-state index contributed by atoms with van der Waals surface area (Å²) in [5.74, 6) is 0.0242. The molecule has 1 saturated heterocycles. The molecule has 0 aliphatic carbocycles. The lowest BCUT2D eigenvalue weighted by atomic mass is 9.92. The molecule has 1 aromatic rings. The Labute approximate surface area is 153 Å². The maximum absolute atomic E-state index is 13.1. The first-order valence-corrected chi connectivity index (χ1v) is 8.90. The van der Waals surface area contributed by atoms with Crippen LogP contribution in [0.15, 0.2) is 18.2 Å². The van der Waals surface area contributed by atoms with E-state index in [0.717, 1.165) is 32.4 Å². The van der Waals surface area contributed by atoms with Crippen molar-refractivity contribution in [2.24, 2.45) is 5.92 Å². The minimum atomic E-state index is -0.501. The van der Waals surface area contributed by atoms with Crippen molar-refractivity contribution in [3.05, 3.63) is 29.0 Å². The number of nitrogens with zero attached hydrogens (tertiary/aromatic N) is 2. The molecule has 2 rings (SSSR count). The van der Waals surface area contributed by atoms with Crippen LogP contribution in [0.4, 0.5) is 10.1 Å². The standard InChI is InChI=1S/C18H25ClFN3O2/c1-22(2)18(25)12-23-9-7-13(8-10-23)3-6-17(24)21-14-4-5-16(20)15(19)11-14/h4-5,11,13H,3,6-10,12H2,1-2H3,(H,21,24). The number of likely N-dealkylation sites (N-methyl/N-ethyl adjacent to an activating group) is 1. The van der Waals surface area contributed by atoms with Crippen LogP contribution in [0.5, 0.6) is 0 Å². The molecule has 5 nitrogen and oxygen atoms in total. The van der Waals surface area contributed by atoms with Crippen molar-refractivity contribution >= 4 is 29.1 Å². The molecule has 2 amide bonds. The number of anilines is 1. The SMILES string of the molecule is CN(C)C(=O)CN1CCC(CCC(=O)Nc2ccc(F)c(Cl)c2)CC1. The van der Waals surface area contributed by atoms with E-state index < -0.39 is 5.82 Å². The normalized spacial score (nSPS) is 15.8. The van der Waals surface area contributed by atoms with E-state index in [1.54, 1.807) is 19.0 Å². The largest absolute Gasteiger partial charge is 0.348 e.